The smallest absolute Gasteiger partial charge is 0.142 e. The lowest BCUT2D eigenvalue weighted by molar-refractivity contribution is 0.591. The van der Waals surface area contributed by atoms with Gasteiger partial charge in [-0.05, 0) is 13.3 Å². The van der Waals surface area contributed by atoms with Crippen LogP contribution in [0.25, 0.3) is 0 Å². The molecule has 56 valence electrons. The molecule has 0 aliphatic heterocycles. The molecule has 0 bridgehead atoms. The molecule has 0 heterocycles. The predicted molar refractivity (Wildman–Crippen MR) is 39.3 cm³/mol. The Morgan fingerprint density at radius 1 is 1.44 bits per heavy atom. The van der Waals surface area contributed by atoms with Crippen molar-refractivity contribution in [1.29, 1.82) is 0 Å². The van der Waals surface area contributed by atoms with Gasteiger partial charge in [-0.15, -0.1) is 0 Å². The molecule has 0 fully saturated rings. The highest BCUT2D eigenvalue weighted by molar-refractivity contribution is 7.73. The third-order valence-corrected chi connectivity index (χ3v) is 2.31. The van der Waals surface area contributed by atoms with E-state index >= 15 is 0 Å². The number of rotatable bonds is 4. The first-order chi connectivity index (χ1) is 4.18. The van der Waals surface area contributed by atoms with Gasteiger partial charge in [0.1, 0.15) is 10.7 Å². The van der Waals surface area contributed by atoms with E-state index in [1.807, 2.05) is 0 Å². The standard InChI is InChI=1S/C6H14O2S/c1-3-4-5-6(2)9(7)8/h6,9H,3-5H2,1-2H3. The third-order valence-electron chi connectivity index (χ3n) is 1.34. The zero-order valence-corrected chi connectivity index (χ0v) is 6.86. The molecule has 0 spiro atoms. The molecular formula is C6H14O2S. The van der Waals surface area contributed by atoms with E-state index in [1.54, 1.807) is 6.92 Å². The SMILES string of the molecule is CCCCC(C)[SH](=O)=O. The number of hydrogen-bond donors (Lipinski definition) is 1. The first-order valence-corrected chi connectivity index (χ1v) is 4.56. The van der Waals surface area contributed by atoms with Gasteiger partial charge < -0.3 is 0 Å². The summed E-state index contributed by atoms with van der Waals surface area (Å²) in [5.74, 6) is 0. The van der Waals surface area contributed by atoms with Gasteiger partial charge in [-0.3, -0.25) is 0 Å². The third kappa shape index (κ3) is 4.45. The van der Waals surface area contributed by atoms with E-state index in [-0.39, 0.29) is 5.25 Å². The normalized spacial score (nSPS) is 14.1. The molecule has 3 heteroatoms. The lowest BCUT2D eigenvalue weighted by Crippen LogP contribution is -2.02. The highest BCUT2D eigenvalue weighted by Crippen LogP contribution is 2.01. The second-order valence-corrected chi connectivity index (χ2v) is 3.73. The lowest BCUT2D eigenvalue weighted by Gasteiger charge is -1.98. The Kier molecular flexibility index (Phi) is 4.77. The zero-order valence-electron chi connectivity index (χ0n) is 5.96. The van der Waals surface area contributed by atoms with Crippen molar-refractivity contribution < 1.29 is 8.42 Å². The van der Waals surface area contributed by atoms with Crippen LogP contribution in [0.4, 0.5) is 0 Å². The molecule has 0 aromatic carbocycles. The number of thiol groups is 1. The molecule has 0 N–H and O–H groups in total. The van der Waals surface area contributed by atoms with Gasteiger partial charge in [0, 0.05) is 0 Å². The predicted octanol–water partition coefficient (Wildman–Crippen LogP) is 1.18. The lowest BCUT2D eigenvalue weighted by atomic mass is 10.2. The van der Waals surface area contributed by atoms with Crippen LogP contribution < -0.4 is 0 Å². The van der Waals surface area contributed by atoms with Gasteiger partial charge in [0.15, 0.2) is 0 Å². The number of hydrogen-bond acceptors (Lipinski definition) is 2. The minimum atomic E-state index is -2.17. The highest BCUT2D eigenvalue weighted by Gasteiger charge is 2.01. The summed E-state index contributed by atoms with van der Waals surface area (Å²) in [6.45, 7) is 3.81. The average molecular weight is 150 g/mol. The molecular weight excluding hydrogens is 136 g/mol. The monoisotopic (exact) mass is 150 g/mol. The van der Waals surface area contributed by atoms with Crippen molar-refractivity contribution in [2.75, 3.05) is 0 Å². The maximum absolute atomic E-state index is 10.2. The van der Waals surface area contributed by atoms with Gasteiger partial charge in [-0.25, -0.2) is 8.42 Å². The van der Waals surface area contributed by atoms with E-state index in [0.29, 0.717) is 0 Å². The summed E-state index contributed by atoms with van der Waals surface area (Å²) in [7, 11) is -2.17. The fourth-order valence-corrected chi connectivity index (χ4v) is 0.998. The summed E-state index contributed by atoms with van der Waals surface area (Å²) >= 11 is 0. The molecule has 1 unspecified atom stereocenters. The maximum atomic E-state index is 10.2. The zero-order chi connectivity index (χ0) is 7.28. The fraction of sp³-hybridized carbons (Fsp3) is 1.00. The van der Waals surface area contributed by atoms with E-state index in [0.717, 1.165) is 19.3 Å². The Balaban J connectivity index is 3.38. The van der Waals surface area contributed by atoms with Crippen LogP contribution in [0.15, 0.2) is 0 Å². The molecule has 9 heavy (non-hydrogen) atoms. The van der Waals surface area contributed by atoms with E-state index in [2.05, 4.69) is 6.92 Å². The minimum Gasteiger partial charge on any atom is -0.232 e. The average Bonchev–Trinajstić information content (AvgIpc) is 1.82. The van der Waals surface area contributed by atoms with Crippen molar-refractivity contribution in [2.45, 2.75) is 38.4 Å². The summed E-state index contributed by atoms with van der Waals surface area (Å²) in [4.78, 5) is 0. The summed E-state index contributed by atoms with van der Waals surface area (Å²) in [5.41, 5.74) is 0. The molecule has 0 saturated carbocycles. The van der Waals surface area contributed by atoms with Crippen LogP contribution in [0.2, 0.25) is 0 Å². The Morgan fingerprint density at radius 2 is 2.00 bits per heavy atom. The Bertz CT molecular complexity index is 121. The van der Waals surface area contributed by atoms with Gasteiger partial charge in [0.05, 0.1) is 5.25 Å². The summed E-state index contributed by atoms with van der Waals surface area (Å²) in [6, 6.07) is 0. The van der Waals surface area contributed by atoms with Gasteiger partial charge >= 0.3 is 0 Å². The van der Waals surface area contributed by atoms with E-state index in [9.17, 15) is 8.42 Å². The maximum Gasteiger partial charge on any atom is 0.142 e. The van der Waals surface area contributed by atoms with E-state index in [1.165, 1.54) is 0 Å². The van der Waals surface area contributed by atoms with E-state index in [4.69, 9.17) is 0 Å². The van der Waals surface area contributed by atoms with E-state index < -0.39 is 10.7 Å². The molecule has 0 aromatic rings. The Hall–Kier alpha value is -0.0500. The molecule has 0 aliphatic rings. The van der Waals surface area contributed by atoms with Crippen LogP contribution in [0.3, 0.4) is 0 Å². The topological polar surface area (TPSA) is 34.1 Å². The van der Waals surface area contributed by atoms with Crippen LogP contribution >= 0.6 is 0 Å². The van der Waals surface area contributed by atoms with Crippen LogP contribution in [-0.2, 0) is 10.7 Å². The van der Waals surface area contributed by atoms with Crippen LogP contribution in [-0.4, -0.2) is 13.7 Å². The van der Waals surface area contributed by atoms with Crippen LogP contribution in [0.5, 0.6) is 0 Å². The van der Waals surface area contributed by atoms with Gasteiger partial charge in [-0.1, -0.05) is 19.8 Å². The molecule has 0 saturated heterocycles. The second kappa shape index (κ2) is 4.79. The largest absolute Gasteiger partial charge is 0.232 e. The summed E-state index contributed by atoms with van der Waals surface area (Å²) in [6.07, 6.45) is 2.91. The molecule has 2 nitrogen and oxygen atoms in total. The molecule has 0 aromatic heterocycles. The molecule has 0 radical (unpaired) electrons. The quantitative estimate of drug-likeness (QED) is 0.610. The molecule has 1 atom stereocenters. The molecule has 0 amide bonds. The van der Waals surface area contributed by atoms with Crippen molar-refractivity contribution in [1.82, 2.24) is 0 Å². The van der Waals surface area contributed by atoms with Crippen LogP contribution in [0, 0.1) is 0 Å². The number of unbranched alkanes of at least 4 members (excludes halogenated alkanes) is 1. The van der Waals surface area contributed by atoms with Gasteiger partial charge in [0.2, 0.25) is 0 Å². The van der Waals surface area contributed by atoms with Gasteiger partial charge in [0.25, 0.3) is 0 Å². The summed E-state index contributed by atoms with van der Waals surface area (Å²) in [5, 5.41) is -0.125. The Labute approximate surface area is 58.2 Å². The van der Waals surface area contributed by atoms with Crippen molar-refractivity contribution in [3.05, 3.63) is 0 Å². The van der Waals surface area contributed by atoms with Crippen molar-refractivity contribution in [2.24, 2.45) is 0 Å². The highest BCUT2D eigenvalue weighted by atomic mass is 32.2. The van der Waals surface area contributed by atoms with Crippen LogP contribution in [0.1, 0.15) is 33.1 Å². The minimum absolute atomic E-state index is 0.125. The molecule has 0 aliphatic carbocycles. The molecule has 0 rings (SSSR count). The fourth-order valence-electron chi connectivity index (χ4n) is 0.605. The second-order valence-electron chi connectivity index (χ2n) is 2.28. The summed E-state index contributed by atoms with van der Waals surface area (Å²) < 4.78 is 20.5. The first-order valence-electron chi connectivity index (χ1n) is 3.32. The first kappa shape index (κ1) is 8.95. The van der Waals surface area contributed by atoms with Crippen molar-refractivity contribution in [3.63, 3.8) is 0 Å². The Morgan fingerprint density at radius 3 is 2.33 bits per heavy atom. The van der Waals surface area contributed by atoms with Gasteiger partial charge in [-0.2, -0.15) is 0 Å². The van der Waals surface area contributed by atoms with Crippen molar-refractivity contribution >= 4 is 10.7 Å². The van der Waals surface area contributed by atoms with Crippen molar-refractivity contribution in [3.8, 4) is 0 Å².